The van der Waals surface area contributed by atoms with Gasteiger partial charge in [-0.15, -0.1) is 0 Å². The first-order valence-corrected chi connectivity index (χ1v) is 5.13. The third-order valence-corrected chi connectivity index (χ3v) is 2.16. The second-order valence-corrected chi connectivity index (χ2v) is 3.36. The first kappa shape index (κ1) is 11.4. The van der Waals surface area contributed by atoms with Gasteiger partial charge in [0, 0.05) is 38.2 Å². The van der Waals surface area contributed by atoms with Crippen molar-refractivity contribution in [3.05, 3.63) is 30.6 Å². The fraction of sp³-hybridized carbons (Fsp3) is 0.273. The zero-order valence-electron chi connectivity index (χ0n) is 9.71. The summed E-state index contributed by atoms with van der Waals surface area (Å²) in [4.78, 5) is 16.6. The molecule has 2 rings (SSSR count). The maximum atomic E-state index is 5.03. The predicted molar refractivity (Wildman–Crippen MR) is 63.3 cm³/mol. The van der Waals surface area contributed by atoms with E-state index >= 15 is 0 Å². The lowest BCUT2D eigenvalue weighted by atomic mass is 10.2. The van der Waals surface area contributed by atoms with Gasteiger partial charge in [-0.05, 0) is 0 Å². The number of ether oxygens (including phenoxy) is 1. The predicted octanol–water partition coefficient (Wildman–Crippen LogP) is 1.12. The van der Waals surface area contributed by atoms with Gasteiger partial charge < -0.3 is 10.1 Å². The maximum Gasteiger partial charge on any atom is 0.157 e. The van der Waals surface area contributed by atoms with Gasteiger partial charge in [-0.25, -0.2) is 19.9 Å². The average molecular weight is 231 g/mol. The number of hydrogen-bond acceptors (Lipinski definition) is 6. The molecule has 88 valence electrons. The van der Waals surface area contributed by atoms with E-state index in [1.807, 2.05) is 13.1 Å². The van der Waals surface area contributed by atoms with Crippen LogP contribution in [0.4, 0.5) is 5.82 Å². The minimum absolute atomic E-state index is 0.371. The van der Waals surface area contributed by atoms with E-state index in [1.54, 1.807) is 19.5 Å². The van der Waals surface area contributed by atoms with Crippen molar-refractivity contribution >= 4 is 5.82 Å². The van der Waals surface area contributed by atoms with Crippen LogP contribution in [0.2, 0.25) is 0 Å². The lowest BCUT2D eigenvalue weighted by molar-refractivity contribution is 0.178. The maximum absolute atomic E-state index is 5.03. The topological polar surface area (TPSA) is 72.8 Å². The van der Waals surface area contributed by atoms with E-state index in [-0.39, 0.29) is 0 Å². The zero-order valence-corrected chi connectivity index (χ0v) is 9.71. The Labute approximate surface area is 99.1 Å². The number of anilines is 1. The Kier molecular flexibility index (Phi) is 3.56. The molecule has 0 unspecified atom stereocenters. The minimum Gasteiger partial charge on any atom is -0.377 e. The van der Waals surface area contributed by atoms with Crippen molar-refractivity contribution in [3.63, 3.8) is 0 Å². The summed E-state index contributed by atoms with van der Waals surface area (Å²) in [6, 6.07) is 1.85. The second kappa shape index (κ2) is 5.31. The molecule has 0 spiro atoms. The monoisotopic (exact) mass is 231 g/mol. The van der Waals surface area contributed by atoms with Crippen LogP contribution < -0.4 is 5.32 Å². The quantitative estimate of drug-likeness (QED) is 0.850. The van der Waals surface area contributed by atoms with Crippen molar-refractivity contribution in [2.75, 3.05) is 19.5 Å². The molecule has 0 saturated heterocycles. The van der Waals surface area contributed by atoms with Gasteiger partial charge >= 0.3 is 0 Å². The van der Waals surface area contributed by atoms with E-state index in [0.29, 0.717) is 12.4 Å². The van der Waals surface area contributed by atoms with Crippen LogP contribution >= 0.6 is 0 Å². The van der Waals surface area contributed by atoms with Crippen molar-refractivity contribution in [1.82, 2.24) is 19.9 Å². The summed E-state index contributed by atoms with van der Waals surface area (Å²) >= 11 is 0. The van der Waals surface area contributed by atoms with Gasteiger partial charge in [0.25, 0.3) is 0 Å². The van der Waals surface area contributed by atoms with Crippen LogP contribution in [0.5, 0.6) is 0 Å². The Morgan fingerprint density at radius 3 is 2.65 bits per heavy atom. The van der Waals surface area contributed by atoms with E-state index in [1.165, 1.54) is 6.33 Å². The van der Waals surface area contributed by atoms with E-state index in [4.69, 9.17) is 4.74 Å². The smallest absolute Gasteiger partial charge is 0.157 e. The molecule has 0 fully saturated rings. The Balaban J connectivity index is 2.43. The number of methoxy groups -OCH3 is 1. The van der Waals surface area contributed by atoms with E-state index in [0.717, 1.165) is 17.1 Å². The first-order chi connectivity index (χ1) is 8.33. The highest BCUT2D eigenvalue weighted by atomic mass is 16.5. The van der Waals surface area contributed by atoms with Crippen molar-refractivity contribution < 1.29 is 4.74 Å². The molecule has 0 radical (unpaired) electrons. The largest absolute Gasteiger partial charge is 0.377 e. The van der Waals surface area contributed by atoms with Crippen LogP contribution in [-0.2, 0) is 11.3 Å². The molecule has 0 saturated carbocycles. The van der Waals surface area contributed by atoms with Gasteiger partial charge in [0.05, 0.1) is 5.69 Å². The number of nitrogens with one attached hydrogen (secondary N) is 1. The lowest BCUT2D eigenvalue weighted by Gasteiger charge is -2.06. The third-order valence-electron chi connectivity index (χ3n) is 2.16. The molecule has 6 nitrogen and oxygen atoms in total. The summed E-state index contributed by atoms with van der Waals surface area (Å²) in [5.74, 6) is 1.36. The highest BCUT2D eigenvalue weighted by Gasteiger charge is 2.06. The SMILES string of the molecule is CNc1cc(-c2cncnc2)nc(COC)n1. The Morgan fingerprint density at radius 1 is 1.24 bits per heavy atom. The Hall–Kier alpha value is -2.08. The molecule has 0 atom stereocenters. The van der Waals surface area contributed by atoms with Gasteiger partial charge in [-0.2, -0.15) is 0 Å². The summed E-state index contributed by atoms with van der Waals surface area (Å²) in [5, 5.41) is 2.99. The molecule has 0 aliphatic heterocycles. The fourth-order valence-corrected chi connectivity index (χ4v) is 1.40. The number of aromatic nitrogens is 4. The molecule has 2 aromatic rings. The standard InChI is InChI=1S/C11H13N5O/c1-12-10-3-9(8-4-13-7-14-5-8)15-11(16-10)6-17-2/h3-5,7H,6H2,1-2H3,(H,12,15,16). The van der Waals surface area contributed by atoms with Gasteiger partial charge in [0.15, 0.2) is 5.82 Å². The molecule has 2 heterocycles. The highest BCUT2D eigenvalue weighted by Crippen LogP contribution is 2.18. The summed E-state index contributed by atoms with van der Waals surface area (Å²) in [7, 11) is 3.42. The molecule has 0 bridgehead atoms. The molecule has 2 aromatic heterocycles. The molecule has 0 aromatic carbocycles. The molecule has 6 heteroatoms. The van der Waals surface area contributed by atoms with Crippen LogP contribution in [0.25, 0.3) is 11.3 Å². The Morgan fingerprint density at radius 2 is 2.00 bits per heavy atom. The lowest BCUT2D eigenvalue weighted by Crippen LogP contribution is -2.03. The normalized spacial score (nSPS) is 10.2. The van der Waals surface area contributed by atoms with Crippen molar-refractivity contribution in [2.24, 2.45) is 0 Å². The summed E-state index contributed by atoms with van der Waals surface area (Å²) < 4.78 is 5.03. The van der Waals surface area contributed by atoms with Crippen LogP contribution in [-0.4, -0.2) is 34.1 Å². The first-order valence-electron chi connectivity index (χ1n) is 5.13. The van der Waals surface area contributed by atoms with E-state index < -0.39 is 0 Å². The van der Waals surface area contributed by atoms with Gasteiger partial charge in [0.1, 0.15) is 18.8 Å². The number of rotatable bonds is 4. The van der Waals surface area contributed by atoms with Gasteiger partial charge in [-0.1, -0.05) is 0 Å². The van der Waals surface area contributed by atoms with Crippen molar-refractivity contribution in [1.29, 1.82) is 0 Å². The van der Waals surface area contributed by atoms with E-state index in [9.17, 15) is 0 Å². The zero-order chi connectivity index (χ0) is 12.1. The molecule has 1 N–H and O–H groups in total. The van der Waals surface area contributed by atoms with Crippen LogP contribution in [0.15, 0.2) is 24.8 Å². The highest BCUT2D eigenvalue weighted by molar-refractivity contribution is 5.60. The number of hydrogen-bond donors (Lipinski definition) is 1. The van der Waals surface area contributed by atoms with Crippen molar-refractivity contribution in [3.8, 4) is 11.3 Å². The molecule has 0 aliphatic carbocycles. The van der Waals surface area contributed by atoms with Gasteiger partial charge in [-0.3, -0.25) is 0 Å². The molecule has 0 aliphatic rings. The fourth-order valence-electron chi connectivity index (χ4n) is 1.40. The summed E-state index contributed by atoms with van der Waals surface area (Å²) in [6.07, 6.45) is 4.91. The van der Waals surface area contributed by atoms with Crippen LogP contribution in [0, 0.1) is 0 Å². The minimum atomic E-state index is 0.371. The molecular formula is C11H13N5O. The second-order valence-electron chi connectivity index (χ2n) is 3.36. The van der Waals surface area contributed by atoms with Crippen molar-refractivity contribution in [2.45, 2.75) is 6.61 Å². The average Bonchev–Trinajstić information content (AvgIpc) is 2.40. The van der Waals surface area contributed by atoms with E-state index in [2.05, 4.69) is 25.3 Å². The van der Waals surface area contributed by atoms with Crippen LogP contribution in [0.1, 0.15) is 5.82 Å². The molecule has 0 amide bonds. The molecular weight excluding hydrogens is 218 g/mol. The van der Waals surface area contributed by atoms with Crippen LogP contribution in [0.3, 0.4) is 0 Å². The Bertz CT molecular complexity index is 488. The third kappa shape index (κ3) is 2.73. The van der Waals surface area contributed by atoms with Gasteiger partial charge in [0.2, 0.25) is 0 Å². The number of nitrogens with zero attached hydrogens (tertiary/aromatic N) is 4. The molecule has 17 heavy (non-hydrogen) atoms. The summed E-state index contributed by atoms with van der Waals surface area (Å²) in [6.45, 7) is 0.371. The summed E-state index contributed by atoms with van der Waals surface area (Å²) in [5.41, 5.74) is 1.63.